The molecule has 6 rings (SSSR count). The third kappa shape index (κ3) is 5.45. The summed E-state index contributed by atoms with van der Waals surface area (Å²) in [4.78, 5) is 15.5. The van der Waals surface area contributed by atoms with Crippen LogP contribution in [0.15, 0.2) is 36.4 Å². The lowest BCUT2D eigenvalue weighted by molar-refractivity contribution is 0.00889. The molecule has 2 aromatic rings. The maximum atomic E-state index is 13.1. The summed E-state index contributed by atoms with van der Waals surface area (Å²) in [5, 5.41) is 11.8. The number of halogens is 1. The molecule has 0 saturated heterocycles. The van der Waals surface area contributed by atoms with Crippen LogP contribution in [0.4, 0.5) is 5.69 Å². The number of aliphatic hydroxyl groups is 1. The van der Waals surface area contributed by atoms with E-state index in [-0.39, 0.29) is 22.9 Å². The molecule has 3 N–H and O–H groups in total. The molecule has 0 aromatic heterocycles. The molecule has 2 bridgehead atoms. The summed E-state index contributed by atoms with van der Waals surface area (Å²) < 4.78 is 36.6. The molecule has 2 aliphatic heterocycles. The number of rotatable bonds is 0. The van der Waals surface area contributed by atoms with Crippen LogP contribution in [-0.4, -0.2) is 51.3 Å². The fourth-order valence-corrected chi connectivity index (χ4v) is 8.51. The fourth-order valence-electron chi connectivity index (χ4n) is 7.25. The number of anilines is 1. The molecule has 40 heavy (non-hydrogen) atoms. The fraction of sp³-hybridized carbons (Fsp3) is 0.567. The van der Waals surface area contributed by atoms with Gasteiger partial charge >= 0.3 is 10.2 Å². The Bertz CT molecular complexity index is 1400. The third-order valence-corrected chi connectivity index (χ3v) is 10.8. The summed E-state index contributed by atoms with van der Waals surface area (Å²) in [6, 6.07) is 11.0. The van der Waals surface area contributed by atoms with E-state index in [0.29, 0.717) is 44.1 Å². The van der Waals surface area contributed by atoms with Crippen molar-refractivity contribution in [3.8, 4) is 5.75 Å². The minimum Gasteiger partial charge on any atom is -0.490 e. The highest BCUT2D eigenvalue weighted by atomic mass is 35.5. The highest BCUT2D eigenvalue weighted by Gasteiger charge is 2.44. The number of carbonyl (C=O) groups is 1. The Labute approximate surface area is 241 Å². The van der Waals surface area contributed by atoms with Crippen LogP contribution in [0.2, 0.25) is 5.02 Å². The number of nitrogens with zero attached hydrogens (tertiary/aromatic N) is 1. The van der Waals surface area contributed by atoms with Gasteiger partial charge in [-0.1, -0.05) is 17.7 Å². The van der Waals surface area contributed by atoms with Gasteiger partial charge in [-0.25, -0.2) is 4.72 Å². The zero-order valence-electron chi connectivity index (χ0n) is 22.9. The number of carbonyl (C=O) groups excluding carboxylic acids is 1. The van der Waals surface area contributed by atoms with E-state index in [1.165, 1.54) is 11.1 Å². The quantitative estimate of drug-likeness (QED) is 0.423. The first kappa shape index (κ1) is 27.8. The summed E-state index contributed by atoms with van der Waals surface area (Å²) in [5.41, 5.74) is 3.32. The summed E-state index contributed by atoms with van der Waals surface area (Å²) in [5.74, 6) is 0.532. The third-order valence-electron chi connectivity index (χ3n) is 9.45. The highest BCUT2D eigenvalue weighted by Crippen LogP contribution is 2.47. The van der Waals surface area contributed by atoms with E-state index in [1.807, 2.05) is 6.07 Å². The van der Waals surface area contributed by atoms with Gasteiger partial charge in [0, 0.05) is 35.1 Å². The van der Waals surface area contributed by atoms with Gasteiger partial charge in [0.25, 0.3) is 5.91 Å². The molecule has 2 aliphatic carbocycles. The predicted molar refractivity (Wildman–Crippen MR) is 155 cm³/mol. The molecule has 2 heterocycles. The number of hydrogen-bond donors (Lipinski definition) is 3. The zero-order chi connectivity index (χ0) is 28.1. The van der Waals surface area contributed by atoms with Crippen molar-refractivity contribution in [1.82, 2.24) is 9.44 Å². The number of nitrogens with one attached hydrogen (secondary N) is 2. The van der Waals surface area contributed by atoms with Crippen molar-refractivity contribution < 1.29 is 23.1 Å². The average molecular weight is 588 g/mol. The Hall–Kier alpha value is -2.33. The van der Waals surface area contributed by atoms with Crippen molar-refractivity contribution in [2.24, 2.45) is 11.8 Å². The van der Waals surface area contributed by atoms with E-state index in [1.54, 1.807) is 25.1 Å². The molecule has 1 fully saturated rings. The number of fused-ring (bicyclic) bond motifs is 4. The van der Waals surface area contributed by atoms with Gasteiger partial charge in [0.05, 0.1) is 18.4 Å². The molecule has 1 spiro atoms. The first-order chi connectivity index (χ1) is 19.1. The highest BCUT2D eigenvalue weighted by molar-refractivity contribution is 7.88. The Morgan fingerprint density at radius 3 is 2.75 bits per heavy atom. The lowest BCUT2D eigenvalue weighted by atomic mass is 9.68. The van der Waals surface area contributed by atoms with Gasteiger partial charge in [-0.3, -0.25) is 4.79 Å². The van der Waals surface area contributed by atoms with E-state index in [0.717, 1.165) is 49.4 Å². The van der Waals surface area contributed by atoms with Crippen molar-refractivity contribution in [1.29, 1.82) is 0 Å². The topological polar surface area (TPSA) is 108 Å². The Morgan fingerprint density at radius 1 is 1.10 bits per heavy atom. The normalized spacial score (nSPS) is 32.1. The van der Waals surface area contributed by atoms with Crippen LogP contribution in [0.1, 0.15) is 73.4 Å². The number of aryl methyl sites for hydroxylation is 1. The molecule has 2 aromatic carbocycles. The Kier molecular flexibility index (Phi) is 7.52. The summed E-state index contributed by atoms with van der Waals surface area (Å²) in [6.07, 6.45) is 6.50. The van der Waals surface area contributed by atoms with Gasteiger partial charge in [0.1, 0.15) is 5.75 Å². The van der Waals surface area contributed by atoms with Crippen LogP contribution in [0.25, 0.3) is 0 Å². The molecule has 10 heteroatoms. The second kappa shape index (κ2) is 10.8. The van der Waals surface area contributed by atoms with E-state index in [4.69, 9.17) is 16.3 Å². The summed E-state index contributed by atoms with van der Waals surface area (Å²) in [7, 11) is -4.05. The minimum absolute atomic E-state index is 0.201. The maximum Gasteiger partial charge on any atom is 0.301 e. The van der Waals surface area contributed by atoms with Crippen molar-refractivity contribution >= 4 is 33.4 Å². The number of benzene rings is 2. The largest absolute Gasteiger partial charge is 0.490 e. The van der Waals surface area contributed by atoms with Crippen molar-refractivity contribution in [2.75, 3.05) is 24.6 Å². The van der Waals surface area contributed by atoms with Crippen LogP contribution in [0, 0.1) is 11.8 Å². The van der Waals surface area contributed by atoms with Crippen LogP contribution in [0.5, 0.6) is 5.75 Å². The van der Waals surface area contributed by atoms with E-state index < -0.39 is 22.2 Å². The van der Waals surface area contributed by atoms with Crippen molar-refractivity contribution in [2.45, 2.75) is 75.9 Å². The Balaban J connectivity index is 1.40. The molecule has 8 nitrogen and oxygen atoms in total. The lowest BCUT2D eigenvalue weighted by Gasteiger charge is -2.45. The van der Waals surface area contributed by atoms with Gasteiger partial charge in [0.15, 0.2) is 0 Å². The first-order valence-electron chi connectivity index (χ1n) is 14.5. The molecule has 0 radical (unpaired) electrons. The number of ether oxygens (including phenoxy) is 1. The van der Waals surface area contributed by atoms with E-state index >= 15 is 0 Å². The molecule has 1 amide bonds. The van der Waals surface area contributed by atoms with Crippen molar-refractivity contribution in [3.63, 3.8) is 0 Å². The second-order valence-electron chi connectivity index (χ2n) is 12.2. The smallest absolute Gasteiger partial charge is 0.301 e. The maximum absolute atomic E-state index is 13.1. The molecule has 0 unspecified atom stereocenters. The molecule has 1 saturated carbocycles. The van der Waals surface area contributed by atoms with E-state index in [2.05, 4.69) is 26.5 Å². The van der Waals surface area contributed by atoms with Crippen LogP contribution in [0.3, 0.4) is 0 Å². The summed E-state index contributed by atoms with van der Waals surface area (Å²) >= 11 is 6.37. The molecule has 4 aliphatic rings. The SMILES string of the molecule is C[C@H]1CCC[C@H](O)[C@@H]2CC[C@H]2CN2C[C@@]3(CCCc4cc(Cl)ccc43)COc3ccc(cc32)C(=O)NS(=O)(=O)N1. The van der Waals surface area contributed by atoms with Crippen LogP contribution in [-0.2, 0) is 22.0 Å². The number of hydrogen-bond acceptors (Lipinski definition) is 6. The average Bonchev–Trinajstić information content (AvgIpc) is 3.02. The van der Waals surface area contributed by atoms with Gasteiger partial charge < -0.3 is 14.7 Å². The van der Waals surface area contributed by atoms with Gasteiger partial charge in [-0.05, 0) is 112 Å². The van der Waals surface area contributed by atoms with E-state index in [9.17, 15) is 18.3 Å². The monoisotopic (exact) mass is 587 g/mol. The van der Waals surface area contributed by atoms with Crippen LogP contribution < -0.4 is 19.1 Å². The van der Waals surface area contributed by atoms with Gasteiger partial charge in [0.2, 0.25) is 0 Å². The zero-order valence-corrected chi connectivity index (χ0v) is 24.4. The van der Waals surface area contributed by atoms with Crippen molar-refractivity contribution in [3.05, 3.63) is 58.1 Å². The minimum atomic E-state index is -4.05. The second-order valence-corrected chi connectivity index (χ2v) is 14.1. The standard InChI is InChI=1S/C30H38ClN3O5S/c1-19-4-2-6-27(35)24-10-7-22(24)16-34-17-30(13-3-5-20-14-23(31)9-11-25(20)30)18-39-28-12-8-21(15-26(28)34)29(36)33-40(37,38)32-19/h8-9,11-12,14-15,19,22,24,27,32,35H,2-7,10,13,16-18H2,1H3,(H,33,36)/t19-,22-,24+,27-,30-/m0/s1. The van der Waals surface area contributed by atoms with Gasteiger partial charge in [-0.2, -0.15) is 13.1 Å². The number of amides is 1. The predicted octanol–water partition coefficient (Wildman–Crippen LogP) is 4.34. The molecule has 216 valence electrons. The summed E-state index contributed by atoms with van der Waals surface area (Å²) in [6.45, 7) is 3.72. The van der Waals surface area contributed by atoms with Crippen LogP contribution >= 0.6 is 11.6 Å². The Morgan fingerprint density at radius 2 is 1.95 bits per heavy atom. The first-order valence-corrected chi connectivity index (χ1v) is 16.3. The molecular formula is C30H38ClN3O5S. The molecular weight excluding hydrogens is 550 g/mol. The van der Waals surface area contributed by atoms with Gasteiger partial charge in [-0.15, -0.1) is 0 Å². The lowest BCUT2D eigenvalue weighted by Crippen LogP contribution is -2.49. The number of aliphatic hydroxyl groups excluding tert-OH is 1. The molecule has 5 atom stereocenters.